The first kappa shape index (κ1) is 16.4. The van der Waals surface area contributed by atoms with Crippen molar-refractivity contribution in [2.24, 2.45) is 7.05 Å². The number of aryl methyl sites for hydroxylation is 1. The largest absolute Gasteiger partial charge is 0.330 e. The van der Waals surface area contributed by atoms with Crippen molar-refractivity contribution in [3.8, 4) is 6.07 Å². The molecule has 3 aromatic rings. The lowest BCUT2D eigenvalue weighted by Gasteiger charge is -2.09. The summed E-state index contributed by atoms with van der Waals surface area (Å²) in [5, 5.41) is 10.1. The quantitative estimate of drug-likeness (QED) is 0.405. The van der Waals surface area contributed by atoms with Crippen LogP contribution in [0.15, 0.2) is 35.6 Å². The van der Waals surface area contributed by atoms with Gasteiger partial charge in [0.25, 0.3) is 0 Å². The van der Waals surface area contributed by atoms with E-state index in [1.165, 1.54) is 18.0 Å². The highest BCUT2D eigenvalue weighted by atomic mass is 35.5. The minimum absolute atomic E-state index is 0.0367. The number of Topliss-reactive ketones (excluding diaryl/α,β-unsaturated/α-hetero) is 1. The van der Waals surface area contributed by atoms with Crippen molar-refractivity contribution in [3.63, 3.8) is 0 Å². The van der Waals surface area contributed by atoms with Gasteiger partial charge in [-0.1, -0.05) is 35.5 Å². The number of fused-ring (bicyclic) bond motifs is 1. The maximum Gasteiger partial charge on any atom is 0.207 e. The molecule has 1 aromatic carbocycles. The van der Waals surface area contributed by atoms with Crippen LogP contribution >= 0.6 is 23.4 Å². The van der Waals surface area contributed by atoms with Gasteiger partial charge in [-0.15, -0.1) is 0 Å². The van der Waals surface area contributed by atoms with Gasteiger partial charge in [0, 0.05) is 7.05 Å². The van der Waals surface area contributed by atoms with Gasteiger partial charge in [-0.25, -0.2) is 15.0 Å². The Labute approximate surface area is 147 Å². The van der Waals surface area contributed by atoms with Gasteiger partial charge in [-0.3, -0.25) is 4.79 Å². The summed E-state index contributed by atoms with van der Waals surface area (Å²) in [4.78, 5) is 25.4. The van der Waals surface area contributed by atoms with Gasteiger partial charge in [-0.05, 0) is 18.4 Å². The Morgan fingerprint density at radius 1 is 1.38 bits per heavy atom. The first-order valence-corrected chi connectivity index (χ1v) is 8.58. The first-order valence-electron chi connectivity index (χ1n) is 6.98. The number of hydrogen-bond donors (Lipinski definition) is 0. The number of thioether (sulfide) groups is 1. The third kappa shape index (κ3) is 2.75. The molecule has 0 spiro atoms. The molecule has 2 aromatic heterocycles. The fourth-order valence-corrected chi connectivity index (χ4v) is 2.94. The van der Waals surface area contributed by atoms with E-state index in [4.69, 9.17) is 11.6 Å². The Bertz CT molecular complexity index is 978. The van der Waals surface area contributed by atoms with E-state index >= 15 is 0 Å². The van der Waals surface area contributed by atoms with Crippen molar-refractivity contribution in [1.29, 1.82) is 5.26 Å². The molecule has 6 nitrogen and oxygen atoms in total. The van der Waals surface area contributed by atoms with Crippen LogP contribution in [-0.4, -0.2) is 31.6 Å². The summed E-state index contributed by atoms with van der Waals surface area (Å²) >= 11 is 7.36. The number of para-hydroxylation sites is 2. The zero-order chi connectivity index (χ0) is 17.3. The number of ketones is 1. The fraction of sp³-hybridized carbons (Fsp3) is 0.188. The molecule has 0 aliphatic heterocycles. The number of carbonyl (C=O) groups is 1. The van der Waals surface area contributed by atoms with Gasteiger partial charge in [0.2, 0.25) is 5.78 Å². The molecule has 0 bridgehead atoms. The van der Waals surface area contributed by atoms with Gasteiger partial charge < -0.3 is 4.57 Å². The predicted molar refractivity (Wildman–Crippen MR) is 92.2 cm³/mol. The Morgan fingerprint density at radius 2 is 2.12 bits per heavy atom. The van der Waals surface area contributed by atoms with Gasteiger partial charge >= 0.3 is 0 Å². The molecule has 0 saturated carbocycles. The summed E-state index contributed by atoms with van der Waals surface area (Å²) < 4.78 is 1.74. The Balaban J connectivity index is 2.10. The van der Waals surface area contributed by atoms with Crippen LogP contribution in [0.1, 0.15) is 22.2 Å². The van der Waals surface area contributed by atoms with E-state index in [0.29, 0.717) is 11.0 Å². The fourth-order valence-electron chi connectivity index (χ4n) is 2.41. The number of benzene rings is 1. The molecule has 0 radical (unpaired) electrons. The molecule has 0 aliphatic rings. The summed E-state index contributed by atoms with van der Waals surface area (Å²) in [6.07, 6.45) is 3.17. The van der Waals surface area contributed by atoms with Crippen molar-refractivity contribution < 1.29 is 4.79 Å². The second-order valence-corrected chi connectivity index (χ2v) is 6.18. The standard InChI is InChI=1S/C16H12ClN5OS/c1-22-12-6-4-3-5-11(12)20-15(22)9(7-18)14(23)13-10(17)8-19-16(21-13)24-2/h3-6,8-9H,1-2H3/t9-/m0/s1. The topological polar surface area (TPSA) is 84.5 Å². The molecule has 0 amide bonds. The molecule has 3 rings (SSSR count). The molecule has 2 heterocycles. The van der Waals surface area contributed by atoms with E-state index < -0.39 is 11.7 Å². The van der Waals surface area contributed by atoms with Crippen LogP contribution in [0.4, 0.5) is 0 Å². The normalized spacial score (nSPS) is 12.1. The van der Waals surface area contributed by atoms with E-state index in [0.717, 1.165) is 11.0 Å². The Hall–Kier alpha value is -2.43. The van der Waals surface area contributed by atoms with Crippen LogP contribution in [0.25, 0.3) is 11.0 Å². The zero-order valence-corrected chi connectivity index (χ0v) is 14.5. The predicted octanol–water partition coefficient (Wildman–Crippen LogP) is 3.23. The van der Waals surface area contributed by atoms with Crippen LogP contribution < -0.4 is 0 Å². The third-order valence-corrected chi connectivity index (χ3v) is 4.45. The van der Waals surface area contributed by atoms with Gasteiger partial charge in [0.15, 0.2) is 11.1 Å². The summed E-state index contributed by atoms with van der Waals surface area (Å²) in [6.45, 7) is 0. The highest BCUT2D eigenvalue weighted by Crippen LogP contribution is 2.26. The van der Waals surface area contributed by atoms with Crippen molar-refractivity contribution >= 4 is 40.2 Å². The monoisotopic (exact) mass is 357 g/mol. The third-order valence-electron chi connectivity index (χ3n) is 3.61. The molecule has 8 heteroatoms. The van der Waals surface area contributed by atoms with Crippen LogP contribution in [-0.2, 0) is 7.05 Å². The Kier molecular flexibility index (Phi) is 4.51. The van der Waals surface area contributed by atoms with E-state index in [1.54, 1.807) is 17.9 Å². The lowest BCUT2D eigenvalue weighted by atomic mass is 10.0. The number of nitriles is 1. The number of hydrogen-bond acceptors (Lipinski definition) is 6. The van der Waals surface area contributed by atoms with Crippen LogP contribution in [0.2, 0.25) is 5.02 Å². The number of nitrogens with zero attached hydrogens (tertiary/aromatic N) is 5. The molecule has 0 unspecified atom stereocenters. The highest BCUT2D eigenvalue weighted by molar-refractivity contribution is 7.98. The molecule has 0 N–H and O–H groups in total. The summed E-state index contributed by atoms with van der Waals surface area (Å²) in [6, 6.07) is 9.48. The van der Waals surface area contributed by atoms with E-state index in [-0.39, 0.29) is 10.7 Å². The average molecular weight is 358 g/mol. The number of aromatic nitrogens is 4. The minimum Gasteiger partial charge on any atom is -0.330 e. The lowest BCUT2D eigenvalue weighted by molar-refractivity contribution is 0.0969. The van der Waals surface area contributed by atoms with Gasteiger partial charge in [0.05, 0.1) is 28.3 Å². The van der Waals surface area contributed by atoms with Crippen LogP contribution in [0, 0.1) is 11.3 Å². The summed E-state index contributed by atoms with van der Waals surface area (Å²) in [5.74, 6) is -1.22. The van der Waals surface area contributed by atoms with Gasteiger partial charge in [0.1, 0.15) is 11.5 Å². The maximum absolute atomic E-state index is 12.8. The minimum atomic E-state index is -1.09. The zero-order valence-electron chi connectivity index (χ0n) is 12.9. The Morgan fingerprint density at radius 3 is 2.79 bits per heavy atom. The van der Waals surface area contributed by atoms with E-state index in [9.17, 15) is 10.1 Å². The highest BCUT2D eigenvalue weighted by Gasteiger charge is 2.29. The molecule has 0 saturated heterocycles. The number of carbonyl (C=O) groups excluding carboxylic acids is 1. The van der Waals surface area contributed by atoms with Crippen molar-refractivity contribution in [1.82, 2.24) is 19.5 Å². The number of halogens is 1. The maximum atomic E-state index is 12.8. The first-order chi connectivity index (χ1) is 11.6. The van der Waals surface area contributed by atoms with Crippen LogP contribution in [0.3, 0.4) is 0 Å². The molecular formula is C16H12ClN5OS. The molecule has 0 aliphatic carbocycles. The second-order valence-electron chi connectivity index (χ2n) is 5.00. The smallest absolute Gasteiger partial charge is 0.207 e. The van der Waals surface area contributed by atoms with Crippen molar-refractivity contribution in [3.05, 3.63) is 47.0 Å². The molecule has 120 valence electrons. The molecule has 24 heavy (non-hydrogen) atoms. The second kappa shape index (κ2) is 6.59. The molecule has 1 atom stereocenters. The average Bonchev–Trinajstić information content (AvgIpc) is 2.93. The summed E-state index contributed by atoms with van der Waals surface area (Å²) in [7, 11) is 1.77. The van der Waals surface area contributed by atoms with Crippen LogP contribution in [0.5, 0.6) is 0 Å². The molecule has 0 fully saturated rings. The molecular weight excluding hydrogens is 346 g/mol. The summed E-state index contributed by atoms with van der Waals surface area (Å²) in [5.41, 5.74) is 1.61. The van der Waals surface area contributed by atoms with Crippen molar-refractivity contribution in [2.75, 3.05) is 6.26 Å². The SMILES string of the molecule is CSc1ncc(Cl)c(C(=O)[C@H](C#N)c2nc3ccccc3n2C)n1. The van der Waals surface area contributed by atoms with E-state index in [1.807, 2.05) is 30.3 Å². The van der Waals surface area contributed by atoms with Gasteiger partial charge in [-0.2, -0.15) is 5.26 Å². The van der Waals surface area contributed by atoms with E-state index in [2.05, 4.69) is 15.0 Å². The number of rotatable bonds is 4. The number of imidazole rings is 1. The lowest BCUT2D eigenvalue weighted by Crippen LogP contribution is -2.17. The van der Waals surface area contributed by atoms with Crippen molar-refractivity contribution in [2.45, 2.75) is 11.1 Å².